The molecule has 0 aliphatic rings. The summed E-state index contributed by atoms with van der Waals surface area (Å²) in [7, 11) is 0. The van der Waals surface area contributed by atoms with Gasteiger partial charge in [-0.05, 0) is 19.1 Å². The molecule has 8 heteroatoms. The lowest BCUT2D eigenvalue weighted by atomic mass is 10.1. The molecule has 0 aliphatic carbocycles. The Morgan fingerprint density at radius 3 is 2.76 bits per heavy atom. The van der Waals surface area contributed by atoms with E-state index in [4.69, 9.17) is 16.1 Å². The van der Waals surface area contributed by atoms with E-state index in [2.05, 4.69) is 15.6 Å². The predicted octanol–water partition coefficient (Wildman–Crippen LogP) is 4.94. The van der Waals surface area contributed by atoms with Crippen LogP contribution in [0.1, 0.15) is 21.6 Å². The van der Waals surface area contributed by atoms with Crippen LogP contribution in [0, 0.1) is 12.7 Å². The van der Waals surface area contributed by atoms with Crippen molar-refractivity contribution in [3.8, 4) is 11.3 Å². The molecular weight excluding hydrogens is 395 g/mol. The molecule has 0 aliphatic heterocycles. The van der Waals surface area contributed by atoms with Gasteiger partial charge < -0.3 is 9.84 Å². The number of amides is 1. The lowest BCUT2D eigenvalue weighted by Gasteiger charge is -2.06. The zero-order valence-electron chi connectivity index (χ0n) is 15.4. The van der Waals surface area contributed by atoms with Crippen LogP contribution >= 0.6 is 11.6 Å². The first-order valence-corrected chi connectivity index (χ1v) is 9.19. The number of carbonyl (C=O) groups is 1. The van der Waals surface area contributed by atoms with E-state index in [-0.39, 0.29) is 12.2 Å². The van der Waals surface area contributed by atoms with E-state index in [0.29, 0.717) is 22.2 Å². The van der Waals surface area contributed by atoms with Gasteiger partial charge in [0.15, 0.2) is 17.3 Å². The number of aryl methyl sites for hydroxylation is 1. The Hall–Kier alpha value is -3.45. The fraction of sp³-hybridized carbons (Fsp3) is 0.0952. The SMILES string of the molecule is Cc1ccc(-c2cc(C(=O)Nc3ccn(Cc4c(F)cccc4Cl)n3)no2)cc1. The molecule has 0 unspecified atom stereocenters. The molecule has 1 N–H and O–H groups in total. The number of nitrogens with one attached hydrogen (secondary N) is 1. The molecular formula is C21H16ClFN4O2. The maximum atomic E-state index is 13.9. The Morgan fingerprint density at radius 1 is 1.21 bits per heavy atom. The molecule has 2 aromatic heterocycles. The Kier molecular flexibility index (Phi) is 5.14. The minimum atomic E-state index is -0.457. The van der Waals surface area contributed by atoms with Crippen LogP contribution in [0.5, 0.6) is 0 Å². The topological polar surface area (TPSA) is 73.0 Å². The van der Waals surface area contributed by atoms with Crippen LogP contribution in [0.4, 0.5) is 10.2 Å². The van der Waals surface area contributed by atoms with Gasteiger partial charge in [-0.3, -0.25) is 9.48 Å². The third-order valence-electron chi connectivity index (χ3n) is 4.34. The second kappa shape index (κ2) is 7.89. The number of benzene rings is 2. The highest BCUT2D eigenvalue weighted by Gasteiger charge is 2.15. The predicted molar refractivity (Wildman–Crippen MR) is 107 cm³/mol. The molecule has 4 aromatic rings. The largest absolute Gasteiger partial charge is 0.355 e. The summed E-state index contributed by atoms with van der Waals surface area (Å²) in [4.78, 5) is 12.4. The first-order chi connectivity index (χ1) is 14.0. The smallest absolute Gasteiger partial charge is 0.279 e. The van der Waals surface area contributed by atoms with E-state index in [0.717, 1.165) is 11.1 Å². The second-order valence-corrected chi connectivity index (χ2v) is 6.90. The maximum Gasteiger partial charge on any atom is 0.279 e. The van der Waals surface area contributed by atoms with Crippen molar-refractivity contribution in [1.29, 1.82) is 0 Å². The van der Waals surface area contributed by atoms with E-state index >= 15 is 0 Å². The maximum absolute atomic E-state index is 13.9. The van der Waals surface area contributed by atoms with E-state index in [1.807, 2.05) is 31.2 Å². The van der Waals surface area contributed by atoms with Crippen molar-refractivity contribution in [1.82, 2.24) is 14.9 Å². The second-order valence-electron chi connectivity index (χ2n) is 6.50. The van der Waals surface area contributed by atoms with Gasteiger partial charge in [0.05, 0.1) is 6.54 Å². The van der Waals surface area contributed by atoms with E-state index < -0.39 is 11.7 Å². The van der Waals surface area contributed by atoms with Crippen LogP contribution in [0.2, 0.25) is 5.02 Å². The number of rotatable bonds is 5. The third kappa shape index (κ3) is 4.20. The molecule has 29 heavy (non-hydrogen) atoms. The van der Waals surface area contributed by atoms with E-state index in [1.165, 1.54) is 10.7 Å². The molecule has 0 atom stereocenters. The molecule has 2 aromatic carbocycles. The van der Waals surface area contributed by atoms with Crippen LogP contribution in [0.15, 0.2) is 65.3 Å². The van der Waals surface area contributed by atoms with Gasteiger partial charge in [0.25, 0.3) is 5.91 Å². The van der Waals surface area contributed by atoms with Crippen LogP contribution in [0.25, 0.3) is 11.3 Å². The zero-order chi connectivity index (χ0) is 20.4. The number of carbonyl (C=O) groups excluding carboxylic acids is 1. The first kappa shape index (κ1) is 18.9. The van der Waals surface area contributed by atoms with E-state index in [9.17, 15) is 9.18 Å². The molecule has 6 nitrogen and oxygen atoms in total. The molecule has 0 fully saturated rings. The highest BCUT2D eigenvalue weighted by molar-refractivity contribution is 6.31. The van der Waals surface area contributed by atoms with Gasteiger partial charge in [-0.2, -0.15) is 5.10 Å². The van der Waals surface area contributed by atoms with Crippen LogP contribution in [-0.4, -0.2) is 20.8 Å². The average molecular weight is 411 g/mol. The van der Waals surface area contributed by atoms with Crippen molar-refractivity contribution in [3.05, 3.63) is 88.5 Å². The number of nitrogens with zero attached hydrogens (tertiary/aromatic N) is 3. The summed E-state index contributed by atoms with van der Waals surface area (Å²) >= 11 is 6.04. The Labute approximate surface area is 170 Å². The molecule has 0 saturated heterocycles. The number of halogens is 2. The first-order valence-electron chi connectivity index (χ1n) is 8.81. The summed E-state index contributed by atoms with van der Waals surface area (Å²) in [6.07, 6.45) is 1.62. The quantitative estimate of drug-likeness (QED) is 0.505. The minimum absolute atomic E-state index is 0.132. The Morgan fingerprint density at radius 2 is 2.00 bits per heavy atom. The van der Waals surface area contributed by atoms with Crippen LogP contribution in [-0.2, 0) is 6.54 Å². The summed E-state index contributed by atoms with van der Waals surface area (Å²) in [6.45, 7) is 2.13. The number of anilines is 1. The highest BCUT2D eigenvalue weighted by Crippen LogP contribution is 2.22. The summed E-state index contributed by atoms with van der Waals surface area (Å²) in [5.74, 6) is -0.0664. The van der Waals surface area contributed by atoms with Crippen molar-refractivity contribution in [2.45, 2.75) is 13.5 Å². The van der Waals surface area contributed by atoms with Gasteiger partial charge in [-0.1, -0.05) is 52.7 Å². The molecule has 146 valence electrons. The number of aromatic nitrogens is 3. The minimum Gasteiger partial charge on any atom is -0.355 e. The van der Waals surface area contributed by atoms with Gasteiger partial charge in [-0.25, -0.2) is 4.39 Å². The van der Waals surface area contributed by atoms with Crippen molar-refractivity contribution in [2.75, 3.05) is 5.32 Å². The van der Waals surface area contributed by atoms with Crippen LogP contribution < -0.4 is 5.32 Å². The van der Waals surface area contributed by atoms with Gasteiger partial charge >= 0.3 is 0 Å². The summed E-state index contributed by atoms with van der Waals surface area (Å²) in [5, 5.41) is 11.0. The lowest BCUT2D eigenvalue weighted by molar-refractivity contribution is 0.101. The molecule has 2 heterocycles. The zero-order valence-corrected chi connectivity index (χ0v) is 16.2. The van der Waals surface area contributed by atoms with Crippen molar-refractivity contribution >= 4 is 23.3 Å². The highest BCUT2D eigenvalue weighted by atomic mass is 35.5. The number of hydrogen-bond acceptors (Lipinski definition) is 4. The van der Waals surface area contributed by atoms with Gasteiger partial charge in [0, 0.05) is 34.5 Å². The fourth-order valence-electron chi connectivity index (χ4n) is 2.78. The molecule has 4 rings (SSSR count). The molecule has 1 amide bonds. The average Bonchev–Trinajstić information content (AvgIpc) is 3.35. The lowest BCUT2D eigenvalue weighted by Crippen LogP contribution is -2.13. The Balaban J connectivity index is 1.45. The summed E-state index contributed by atoms with van der Waals surface area (Å²) in [6, 6.07) is 15.4. The number of hydrogen-bond donors (Lipinski definition) is 1. The molecule has 0 saturated carbocycles. The van der Waals surface area contributed by atoms with Crippen molar-refractivity contribution in [3.63, 3.8) is 0 Å². The van der Waals surface area contributed by atoms with Crippen molar-refractivity contribution < 1.29 is 13.7 Å². The summed E-state index contributed by atoms with van der Waals surface area (Å²) in [5.41, 5.74) is 2.41. The third-order valence-corrected chi connectivity index (χ3v) is 4.70. The van der Waals surface area contributed by atoms with Gasteiger partial charge in [0.2, 0.25) is 0 Å². The van der Waals surface area contributed by atoms with Gasteiger partial charge in [-0.15, -0.1) is 0 Å². The Bertz CT molecular complexity index is 1150. The fourth-order valence-corrected chi connectivity index (χ4v) is 3.00. The molecule has 0 radical (unpaired) electrons. The van der Waals surface area contributed by atoms with E-state index in [1.54, 1.807) is 30.5 Å². The molecule has 0 spiro atoms. The molecule has 0 bridgehead atoms. The van der Waals surface area contributed by atoms with Crippen LogP contribution in [0.3, 0.4) is 0 Å². The summed E-state index contributed by atoms with van der Waals surface area (Å²) < 4.78 is 20.7. The normalized spacial score (nSPS) is 10.9. The standard InChI is InChI=1S/C21H16ClFN4O2/c1-13-5-7-14(8-6-13)19-11-18(26-29-19)21(28)24-20-9-10-27(25-20)12-15-16(22)3-2-4-17(15)23/h2-11H,12H2,1H3,(H,24,25,28). The van der Waals surface area contributed by atoms with Crippen molar-refractivity contribution in [2.24, 2.45) is 0 Å². The van der Waals surface area contributed by atoms with Gasteiger partial charge in [0.1, 0.15) is 5.82 Å². The monoisotopic (exact) mass is 410 g/mol.